The predicted molar refractivity (Wildman–Crippen MR) is 89.8 cm³/mol. The fourth-order valence-electron chi connectivity index (χ4n) is 2.95. The molecule has 0 bridgehead atoms. The number of amides is 1. The molecule has 1 aromatic heterocycles. The number of hydrogen-bond acceptors (Lipinski definition) is 5. The average molecular weight is 314 g/mol. The largest absolute Gasteiger partial charge is 0.383 e. The maximum Gasteiger partial charge on any atom is 0.272 e. The number of carbonyl (C=O) groups is 1. The van der Waals surface area contributed by atoms with E-state index in [1.165, 1.54) is 19.3 Å². The molecule has 2 aromatic rings. The number of ether oxygens (including phenoxy) is 1. The molecule has 1 N–H and O–H groups in total. The maximum absolute atomic E-state index is 12.3. The second-order valence-electron chi connectivity index (χ2n) is 5.71. The number of methoxy groups -OCH3 is 1. The van der Waals surface area contributed by atoms with E-state index in [0.29, 0.717) is 18.8 Å². The van der Waals surface area contributed by atoms with E-state index in [4.69, 9.17) is 4.74 Å². The molecule has 1 amide bonds. The van der Waals surface area contributed by atoms with Crippen molar-refractivity contribution in [3.63, 3.8) is 0 Å². The summed E-state index contributed by atoms with van der Waals surface area (Å²) in [5.74, 6) is 0.671. The molecule has 1 aliphatic rings. The fraction of sp³-hybridized carbons (Fsp3) is 0.471. The van der Waals surface area contributed by atoms with Crippen LogP contribution in [-0.4, -0.2) is 49.5 Å². The second-order valence-corrected chi connectivity index (χ2v) is 5.71. The van der Waals surface area contributed by atoms with Crippen molar-refractivity contribution in [3.05, 3.63) is 30.0 Å². The summed E-state index contributed by atoms with van der Waals surface area (Å²) in [5.41, 5.74) is 0.373. The number of carbonyl (C=O) groups excluding carboxylic acids is 1. The van der Waals surface area contributed by atoms with E-state index < -0.39 is 0 Å². The molecule has 0 unspecified atom stereocenters. The lowest BCUT2D eigenvalue weighted by molar-refractivity contribution is 0.0933. The molecule has 0 radical (unpaired) electrons. The number of hydrogen-bond donors (Lipinski definition) is 1. The highest BCUT2D eigenvalue weighted by atomic mass is 16.5. The fourth-order valence-corrected chi connectivity index (χ4v) is 2.95. The van der Waals surface area contributed by atoms with Crippen LogP contribution in [0.1, 0.15) is 29.8 Å². The first-order chi connectivity index (χ1) is 11.3. The van der Waals surface area contributed by atoms with Gasteiger partial charge in [-0.25, -0.2) is 0 Å². The second kappa shape index (κ2) is 7.37. The molecule has 1 saturated heterocycles. The third-order valence-corrected chi connectivity index (χ3v) is 4.13. The van der Waals surface area contributed by atoms with Crippen LogP contribution in [-0.2, 0) is 4.74 Å². The van der Waals surface area contributed by atoms with Crippen LogP contribution < -0.4 is 10.2 Å². The number of nitrogens with zero attached hydrogens (tertiary/aromatic N) is 3. The highest BCUT2D eigenvalue weighted by molar-refractivity contribution is 6.07. The van der Waals surface area contributed by atoms with Crippen molar-refractivity contribution in [3.8, 4) is 0 Å². The van der Waals surface area contributed by atoms with Crippen LogP contribution in [0.15, 0.2) is 24.3 Å². The quantitative estimate of drug-likeness (QED) is 0.855. The minimum atomic E-state index is -0.212. The Labute approximate surface area is 135 Å². The molecule has 0 aliphatic carbocycles. The number of piperidine rings is 1. The smallest absolute Gasteiger partial charge is 0.272 e. The minimum Gasteiger partial charge on any atom is -0.383 e. The van der Waals surface area contributed by atoms with Gasteiger partial charge in [0.2, 0.25) is 0 Å². The van der Waals surface area contributed by atoms with Crippen molar-refractivity contribution in [2.75, 3.05) is 38.3 Å². The van der Waals surface area contributed by atoms with E-state index in [2.05, 4.69) is 20.4 Å². The van der Waals surface area contributed by atoms with Crippen molar-refractivity contribution in [2.45, 2.75) is 19.3 Å². The Kier molecular flexibility index (Phi) is 5.02. The van der Waals surface area contributed by atoms with Gasteiger partial charge in [0.15, 0.2) is 11.5 Å². The predicted octanol–water partition coefficient (Wildman–Crippen LogP) is 2.00. The summed E-state index contributed by atoms with van der Waals surface area (Å²) in [5, 5.41) is 13.2. The van der Waals surface area contributed by atoms with Crippen LogP contribution in [0, 0.1) is 0 Å². The van der Waals surface area contributed by atoms with E-state index in [-0.39, 0.29) is 5.91 Å². The van der Waals surface area contributed by atoms with Crippen LogP contribution in [0.4, 0.5) is 5.82 Å². The van der Waals surface area contributed by atoms with Crippen LogP contribution in [0.3, 0.4) is 0 Å². The van der Waals surface area contributed by atoms with Gasteiger partial charge in [-0.3, -0.25) is 4.79 Å². The summed E-state index contributed by atoms with van der Waals surface area (Å²) < 4.78 is 4.96. The first-order valence-corrected chi connectivity index (χ1v) is 8.09. The van der Waals surface area contributed by atoms with Crippen molar-refractivity contribution in [1.82, 2.24) is 15.5 Å². The van der Waals surface area contributed by atoms with Gasteiger partial charge in [0.1, 0.15) is 0 Å². The molecule has 122 valence electrons. The zero-order valence-electron chi connectivity index (χ0n) is 13.4. The van der Waals surface area contributed by atoms with E-state index in [1.54, 1.807) is 7.11 Å². The van der Waals surface area contributed by atoms with Crippen molar-refractivity contribution in [2.24, 2.45) is 0 Å². The number of benzene rings is 1. The Morgan fingerprint density at radius 3 is 2.65 bits per heavy atom. The molecular weight excluding hydrogens is 292 g/mol. The van der Waals surface area contributed by atoms with E-state index in [1.807, 2.05) is 24.3 Å². The van der Waals surface area contributed by atoms with Crippen LogP contribution in [0.25, 0.3) is 10.8 Å². The molecule has 3 rings (SSSR count). The molecular formula is C17H22N4O2. The molecule has 1 fully saturated rings. The van der Waals surface area contributed by atoms with Gasteiger partial charge in [0.05, 0.1) is 6.61 Å². The van der Waals surface area contributed by atoms with Gasteiger partial charge in [0, 0.05) is 37.5 Å². The third kappa shape index (κ3) is 3.42. The summed E-state index contributed by atoms with van der Waals surface area (Å²) >= 11 is 0. The molecule has 23 heavy (non-hydrogen) atoms. The Morgan fingerprint density at radius 1 is 1.17 bits per heavy atom. The number of fused-ring (bicyclic) bond motifs is 1. The number of anilines is 1. The lowest BCUT2D eigenvalue weighted by Crippen LogP contribution is -2.32. The van der Waals surface area contributed by atoms with Crippen molar-refractivity contribution in [1.29, 1.82) is 0 Å². The molecule has 0 spiro atoms. The van der Waals surface area contributed by atoms with E-state index >= 15 is 0 Å². The molecule has 1 aromatic carbocycles. The van der Waals surface area contributed by atoms with Gasteiger partial charge in [-0.05, 0) is 19.3 Å². The molecule has 0 atom stereocenters. The van der Waals surface area contributed by atoms with Gasteiger partial charge >= 0.3 is 0 Å². The van der Waals surface area contributed by atoms with Crippen molar-refractivity contribution < 1.29 is 9.53 Å². The topological polar surface area (TPSA) is 67.3 Å². The van der Waals surface area contributed by atoms with Crippen LogP contribution >= 0.6 is 0 Å². The standard InChI is InChI=1S/C17H22N4O2/c1-23-12-9-18-17(22)15-13-7-3-4-8-14(13)16(20-19-15)21-10-5-2-6-11-21/h3-4,7-8H,2,5-6,9-12H2,1H3,(H,18,22). The van der Waals surface area contributed by atoms with Crippen LogP contribution in [0.5, 0.6) is 0 Å². The monoisotopic (exact) mass is 314 g/mol. The van der Waals surface area contributed by atoms with Crippen molar-refractivity contribution >= 4 is 22.5 Å². The maximum atomic E-state index is 12.3. The van der Waals surface area contributed by atoms with Gasteiger partial charge < -0.3 is 15.0 Å². The van der Waals surface area contributed by atoms with E-state index in [9.17, 15) is 4.79 Å². The Balaban J connectivity index is 1.93. The molecule has 0 saturated carbocycles. The first kappa shape index (κ1) is 15.7. The zero-order chi connectivity index (χ0) is 16.1. The van der Waals surface area contributed by atoms with Gasteiger partial charge in [0.25, 0.3) is 5.91 Å². The average Bonchev–Trinajstić information content (AvgIpc) is 2.61. The highest BCUT2D eigenvalue weighted by Gasteiger charge is 2.19. The third-order valence-electron chi connectivity index (χ3n) is 4.13. The van der Waals surface area contributed by atoms with Gasteiger partial charge in [-0.1, -0.05) is 24.3 Å². The Hall–Kier alpha value is -2.21. The lowest BCUT2D eigenvalue weighted by atomic mass is 10.1. The Morgan fingerprint density at radius 2 is 1.91 bits per heavy atom. The lowest BCUT2D eigenvalue weighted by Gasteiger charge is -2.28. The van der Waals surface area contributed by atoms with Gasteiger partial charge in [-0.15, -0.1) is 10.2 Å². The number of nitrogens with one attached hydrogen (secondary N) is 1. The number of aromatic nitrogens is 2. The van der Waals surface area contributed by atoms with E-state index in [0.717, 1.165) is 29.7 Å². The summed E-state index contributed by atoms with van der Waals surface area (Å²) in [6.07, 6.45) is 3.62. The summed E-state index contributed by atoms with van der Waals surface area (Å²) in [7, 11) is 1.61. The molecule has 2 heterocycles. The SMILES string of the molecule is COCCNC(=O)c1nnc(N2CCCCC2)c2ccccc12. The summed E-state index contributed by atoms with van der Waals surface area (Å²) in [4.78, 5) is 14.6. The number of rotatable bonds is 5. The summed E-state index contributed by atoms with van der Waals surface area (Å²) in [6, 6.07) is 7.85. The van der Waals surface area contributed by atoms with Gasteiger partial charge in [-0.2, -0.15) is 0 Å². The minimum absolute atomic E-state index is 0.212. The van der Waals surface area contributed by atoms with Crippen LogP contribution in [0.2, 0.25) is 0 Å². The molecule has 6 nitrogen and oxygen atoms in total. The molecule has 6 heteroatoms. The zero-order valence-corrected chi connectivity index (χ0v) is 13.4. The Bertz CT molecular complexity index is 683. The first-order valence-electron chi connectivity index (χ1n) is 8.09. The molecule has 1 aliphatic heterocycles. The normalized spacial score (nSPS) is 14.9. The summed E-state index contributed by atoms with van der Waals surface area (Å²) in [6.45, 7) is 2.93. The highest BCUT2D eigenvalue weighted by Crippen LogP contribution is 2.27.